The van der Waals surface area contributed by atoms with Crippen LogP contribution in [0.5, 0.6) is 0 Å². The van der Waals surface area contributed by atoms with Crippen LogP contribution in [0.2, 0.25) is 0 Å². The molecule has 0 nitrogen and oxygen atoms in total. The Hall–Kier alpha value is -2.08. The highest BCUT2D eigenvalue weighted by molar-refractivity contribution is 6.20. The second-order valence-corrected chi connectivity index (χ2v) is 9.32. The van der Waals surface area contributed by atoms with Crippen molar-refractivity contribution in [2.75, 3.05) is 0 Å². The predicted octanol–water partition coefficient (Wildman–Crippen LogP) is 8.37. The van der Waals surface area contributed by atoms with Crippen molar-refractivity contribution in [2.24, 2.45) is 0 Å². The zero-order chi connectivity index (χ0) is 20.8. The van der Waals surface area contributed by atoms with Gasteiger partial charge in [0.15, 0.2) is 0 Å². The third kappa shape index (κ3) is 2.07. The average Bonchev–Trinajstić information content (AvgIpc) is 2.66. The van der Waals surface area contributed by atoms with E-state index in [1.54, 1.807) is 5.56 Å². The minimum Gasteiger partial charge on any atom is -0.0625 e. The molecule has 0 radical (unpaired) electrons. The summed E-state index contributed by atoms with van der Waals surface area (Å²) in [7, 11) is 0. The van der Waals surface area contributed by atoms with Gasteiger partial charge in [0.1, 0.15) is 0 Å². The molecule has 1 aliphatic carbocycles. The van der Waals surface area contributed by atoms with E-state index in [0.717, 1.165) is 0 Å². The fraction of sp³-hybridized carbons (Fsp3) is 0.429. The molecule has 0 saturated heterocycles. The lowest BCUT2D eigenvalue weighted by molar-refractivity contribution is 0.882. The van der Waals surface area contributed by atoms with Gasteiger partial charge in [-0.3, -0.25) is 0 Å². The van der Waals surface area contributed by atoms with E-state index in [9.17, 15) is 0 Å². The van der Waals surface area contributed by atoms with Crippen LogP contribution in [-0.2, 0) is 0 Å². The Morgan fingerprint density at radius 3 is 1.39 bits per heavy atom. The van der Waals surface area contributed by atoms with Gasteiger partial charge < -0.3 is 0 Å². The summed E-state index contributed by atoms with van der Waals surface area (Å²) in [5, 5.41) is 6.03. The molecule has 3 aromatic rings. The molecule has 0 N–H and O–H groups in total. The summed E-state index contributed by atoms with van der Waals surface area (Å²) in [6.45, 7) is 25.7. The number of aryl methyl sites for hydroxylation is 4. The number of allylic oxidation sites excluding steroid dienone is 2. The summed E-state index contributed by atoms with van der Waals surface area (Å²) in [6, 6.07) is 0. The SMILES string of the molecule is CC1=C(C)C(C)c2c(C)c(C)c(C)c3c2c1c(C)c1c(C)c(C)c(C)c(C)c13. The minimum absolute atomic E-state index is 0.485. The zero-order valence-corrected chi connectivity index (χ0v) is 19.6. The van der Waals surface area contributed by atoms with Crippen LogP contribution in [0.15, 0.2) is 5.57 Å². The van der Waals surface area contributed by atoms with Crippen LogP contribution in [0.1, 0.15) is 82.3 Å². The van der Waals surface area contributed by atoms with Crippen LogP contribution in [0.25, 0.3) is 27.1 Å². The summed E-state index contributed by atoms with van der Waals surface area (Å²) in [5.74, 6) is 0.485. The van der Waals surface area contributed by atoms with E-state index in [4.69, 9.17) is 0 Å². The van der Waals surface area contributed by atoms with Crippen molar-refractivity contribution in [3.8, 4) is 0 Å². The number of rotatable bonds is 0. The van der Waals surface area contributed by atoms with Gasteiger partial charge in [0.05, 0.1) is 0 Å². The Balaban J connectivity index is 2.52. The Kier molecular flexibility index (Phi) is 4.10. The molecule has 0 heterocycles. The van der Waals surface area contributed by atoms with Gasteiger partial charge in [0, 0.05) is 5.92 Å². The van der Waals surface area contributed by atoms with Gasteiger partial charge >= 0.3 is 0 Å². The van der Waals surface area contributed by atoms with Crippen molar-refractivity contribution < 1.29 is 0 Å². The van der Waals surface area contributed by atoms with Crippen molar-refractivity contribution in [2.45, 2.75) is 82.1 Å². The molecular formula is C28H34. The lowest BCUT2D eigenvalue weighted by Gasteiger charge is -2.33. The number of hydrogen-bond donors (Lipinski definition) is 0. The maximum atomic E-state index is 2.40. The van der Waals surface area contributed by atoms with Crippen LogP contribution >= 0.6 is 0 Å². The van der Waals surface area contributed by atoms with E-state index in [0.29, 0.717) is 5.92 Å². The van der Waals surface area contributed by atoms with Crippen LogP contribution in [0.3, 0.4) is 0 Å². The van der Waals surface area contributed by atoms with E-state index in [1.807, 2.05) is 0 Å². The molecule has 0 fully saturated rings. The molecule has 0 aliphatic heterocycles. The normalized spacial score (nSPS) is 16.6. The molecule has 0 heteroatoms. The van der Waals surface area contributed by atoms with Gasteiger partial charge in [-0.2, -0.15) is 0 Å². The maximum absolute atomic E-state index is 2.40. The van der Waals surface area contributed by atoms with Crippen molar-refractivity contribution in [3.05, 3.63) is 61.2 Å². The standard InChI is InChI=1S/C28H34/c1-12-13(2)20(9)26-24(16(12)5)22(11)25-19(8)14(3)17(6)23-18(7)15(4)21(10)27(26)28(23)25/h17H,1-11H3. The number of benzene rings is 3. The minimum atomic E-state index is 0.485. The van der Waals surface area contributed by atoms with Gasteiger partial charge in [-0.05, 0) is 152 Å². The molecule has 1 aliphatic rings. The molecule has 0 spiro atoms. The van der Waals surface area contributed by atoms with Crippen molar-refractivity contribution in [1.82, 2.24) is 0 Å². The Labute approximate surface area is 170 Å². The van der Waals surface area contributed by atoms with E-state index < -0.39 is 0 Å². The van der Waals surface area contributed by atoms with Crippen LogP contribution < -0.4 is 0 Å². The molecule has 4 rings (SSSR count). The summed E-state index contributed by atoms with van der Waals surface area (Å²) < 4.78 is 0. The average molecular weight is 371 g/mol. The first kappa shape index (κ1) is 19.2. The maximum Gasteiger partial charge on any atom is 0.00320 e. The van der Waals surface area contributed by atoms with Crippen molar-refractivity contribution in [1.29, 1.82) is 0 Å². The van der Waals surface area contributed by atoms with Gasteiger partial charge in [-0.15, -0.1) is 0 Å². The molecule has 1 atom stereocenters. The van der Waals surface area contributed by atoms with E-state index >= 15 is 0 Å². The van der Waals surface area contributed by atoms with E-state index in [2.05, 4.69) is 76.2 Å². The molecule has 28 heavy (non-hydrogen) atoms. The third-order valence-corrected chi connectivity index (χ3v) is 8.41. The monoisotopic (exact) mass is 370 g/mol. The summed E-state index contributed by atoms with van der Waals surface area (Å²) >= 11 is 0. The number of hydrogen-bond acceptors (Lipinski definition) is 0. The fourth-order valence-corrected chi connectivity index (χ4v) is 5.91. The lowest BCUT2D eigenvalue weighted by Crippen LogP contribution is -2.13. The highest BCUT2D eigenvalue weighted by atomic mass is 14.3. The van der Waals surface area contributed by atoms with Gasteiger partial charge in [-0.1, -0.05) is 12.5 Å². The summed E-state index contributed by atoms with van der Waals surface area (Å²) in [4.78, 5) is 0. The van der Waals surface area contributed by atoms with Crippen molar-refractivity contribution >= 4 is 27.1 Å². The topological polar surface area (TPSA) is 0 Å². The van der Waals surface area contributed by atoms with E-state index in [1.165, 1.54) is 82.8 Å². The molecule has 0 bridgehead atoms. The number of fused-ring (bicyclic) bond motifs is 2. The quantitative estimate of drug-likeness (QED) is 0.349. The van der Waals surface area contributed by atoms with Gasteiger partial charge in [-0.25, -0.2) is 0 Å². The highest BCUT2D eigenvalue weighted by Gasteiger charge is 2.30. The predicted molar refractivity (Wildman–Crippen MR) is 126 cm³/mol. The summed E-state index contributed by atoms with van der Waals surface area (Å²) in [5.41, 5.74) is 17.8. The van der Waals surface area contributed by atoms with Crippen LogP contribution in [0, 0.1) is 55.4 Å². The first-order valence-corrected chi connectivity index (χ1v) is 10.7. The first-order valence-electron chi connectivity index (χ1n) is 10.7. The summed E-state index contributed by atoms with van der Waals surface area (Å²) in [6.07, 6.45) is 0. The van der Waals surface area contributed by atoms with Crippen molar-refractivity contribution in [3.63, 3.8) is 0 Å². The van der Waals surface area contributed by atoms with E-state index in [-0.39, 0.29) is 0 Å². The Morgan fingerprint density at radius 1 is 0.429 bits per heavy atom. The lowest BCUT2D eigenvalue weighted by atomic mass is 9.71. The molecule has 3 aromatic carbocycles. The molecule has 0 aromatic heterocycles. The highest BCUT2D eigenvalue weighted by Crippen LogP contribution is 2.51. The Morgan fingerprint density at radius 2 is 0.857 bits per heavy atom. The largest absolute Gasteiger partial charge is 0.0625 e. The molecule has 1 unspecified atom stereocenters. The smallest absolute Gasteiger partial charge is 0.00320 e. The molecule has 0 saturated carbocycles. The zero-order valence-electron chi connectivity index (χ0n) is 19.6. The third-order valence-electron chi connectivity index (χ3n) is 8.41. The second-order valence-electron chi connectivity index (χ2n) is 9.32. The molecule has 146 valence electrons. The van der Waals surface area contributed by atoms with Gasteiger partial charge in [0.2, 0.25) is 0 Å². The first-order chi connectivity index (χ1) is 13.0. The molecule has 0 amide bonds. The van der Waals surface area contributed by atoms with Crippen LogP contribution in [0.4, 0.5) is 0 Å². The second kappa shape index (κ2) is 5.96. The fourth-order valence-electron chi connectivity index (χ4n) is 5.91. The Bertz CT molecular complexity index is 1250. The molecular weight excluding hydrogens is 336 g/mol. The van der Waals surface area contributed by atoms with Gasteiger partial charge in [0.25, 0.3) is 0 Å². The van der Waals surface area contributed by atoms with Crippen LogP contribution in [-0.4, -0.2) is 0 Å².